The first kappa shape index (κ1) is 14.4. The van der Waals surface area contributed by atoms with E-state index in [2.05, 4.69) is 26.1 Å². The summed E-state index contributed by atoms with van der Waals surface area (Å²) >= 11 is 0. The molecule has 0 saturated carbocycles. The van der Waals surface area contributed by atoms with E-state index in [0.29, 0.717) is 35.4 Å². The van der Waals surface area contributed by atoms with Gasteiger partial charge in [0.05, 0.1) is 18.4 Å². The fourth-order valence-corrected chi connectivity index (χ4v) is 1.55. The third-order valence-electron chi connectivity index (χ3n) is 3.22. The van der Waals surface area contributed by atoms with Gasteiger partial charge in [-0.05, 0) is 24.0 Å². The fraction of sp³-hybridized carbons (Fsp3) is 0.500. The van der Waals surface area contributed by atoms with Crippen LogP contribution in [-0.4, -0.2) is 19.6 Å². The van der Waals surface area contributed by atoms with Crippen molar-refractivity contribution < 1.29 is 9.53 Å². The van der Waals surface area contributed by atoms with E-state index in [0.717, 1.165) is 0 Å². The highest BCUT2D eigenvalue weighted by Crippen LogP contribution is 2.25. The molecule has 0 heterocycles. The quantitative estimate of drug-likeness (QED) is 0.788. The highest BCUT2D eigenvalue weighted by atomic mass is 16.5. The summed E-state index contributed by atoms with van der Waals surface area (Å²) in [5, 5.41) is 2.91. The molecule has 0 aliphatic carbocycles. The van der Waals surface area contributed by atoms with Crippen molar-refractivity contribution in [2.75, 3.05) is 19.4 Å². The number of nitrogens with one attached hydrogen (secondary N) is 1. The van der Waals surface area contributed by atoms with Crippen LogP contribution in [0.1, 0.15) is 31.1 Å². The van der Waals surface area contributed by atoms with Crippen molar-refractivity contribution in [3.63, 3.8) is 0 Å². The maximum Gasteiger partial charge on any atom is 0.255 e. The summed E-state index contributed by atoms with van der Waals surface area (Å²) in [6.45, 7) is 7.03. The first-order valence-electron chi connectivity index (χ1n) is 6.18. The van der Waals surface area contributed by atoms with Crippen LogP contribution in [0.3, 0.4) is 0 Å². The van der Waals surface area contributed by atoms with E-state index in [9.17, 15) is 4.79 Å². The lowest BCUT2D eigenvalue weighted by Crippen LogP contribution is -2.30. The molecule has 1 amide bonds. The molecule has 0 spiro atoms. The van der Waals surface area contributed by atoms with E-state index in [1.807, 2.05) is 0 Å². The largest absolute Gasteiger partial charge is 0.494 e. The van der Waals surface area contributed by atoms with E-state index < -0.39 is 0 Å². The van der Waals surface area contributed by atoms with Gasteiger partial charge < -0.3 is 15.8 Å². The Morgan fingerprint density at radius 3 is 2.61 bits per heavy atom. The number of ether oxygens (including phenoxy) is 1. The van der Waals surface area contributed by atoms with Crippen molar-refractivity contribution in [3.05, 3.63) is 23.8 Å². The van der Waals surface area contributed by atoms with Gasteiger partial charge in [0.2, 0.25) is 0 Å². The molecule has 1 aromatic rings. The number of amides is 1. The van der Waals surface area contributed by atoms with Crippen molar-refractivity contribution in [1.29, 1.82) is 0 Å². The second-order valence-corrected chi connectivity index (χ2v) is 4.86. The predicted molar refractivity (Wildman–Crippen MR) is 73.7 cm³/mol. The Kier molecular flexibility index (Phi) is 5.01. The van der Waals surface area contributed by atoms with Gasteiger partial charge in [-0.25, -0.2) is 0 Å². The third kappa shape index (κ3) is 3.39. The molecule has 0 bridgehead atoms. The van der Waals surface area contributed by atoms with Crippen LogP contribution in [0.5, 0.6) is 5.75 Å². The van der Waals surface area contributed by atoms with Gasteiger partial charge in [-0.3, -0.25) is 4.79 Å². The van der Waals surface area contributed by atoms with Gasteiger partial charge in [0.1, 0.15) is 0 Å². The summed E-state index contributed by atoms with van der Waals surface area (Å²) in [7, 11) is 1.51. The molecule has 100 valence electrons. The van der Waals surface area contributed by atoms with Crippen molar-refractivity contribution in [2.24, 2.45) is 11.8 Å². The molecule has 0 fully saturated rings. The first-order valence-corrected chi connectivity index (χ1v) is 6.18. The van der Waals surface area contributed by atoms with Crippen LogP contribution in [0, 0.1) is 11.8 Å². The lowest BCUT2D eigenvalue weighted by molar-refractivity contribution is 0.0942. The van der Waals surface area contributed by atoms with E-state index in [1.165, 1.54) is 7.11 Å². The molecule has 0 aromatic heterocycles. The highest BCUT2D eigenvalue weighted by Gasteiger charge is 2.15. The second kappa shape index (κ2) is 6.28. The summed E-state index contributed by atoms with van der Waals surface area (Å²) < 4.78 is 5.17. The molecular weight excluding hydrogens is 228 g/mol. The zero-order valence-corrected chi connectivity index (χ0v) is 11.5. The molecule has 1 rings (SSSR count). The van der Waals surface area contributed by atoms with Crippen LogP contribution in [0.15, 0.2) is 18.2 Å². The number of benzene rings is 1. The van der Waals surface area contributed by atoms with E-state index in [4.69, 9.17) is 10.5 Å². The van der Waals surface area contributed by atoms with Crippen LogP contribution in [0.25, 0.3) is 0 Å². The molecular formula is C14H22N2O2. The van der Waals surface area contributed by atoms with Gasteiger partial charge in [0.15, 0.2) is 5.75 Å². The Morgan fingerprint density at radius 1 is 1.39 bits per heavy atom. The average Bonchev–Trinajstić information content (AvgIpc) is 2.34. The predicted octanol–water partition coefficient (Wildman–Crippen LogP) is 2.30. The van der Waals surface area contributed by atoms with E-state index in [1.54, 1.807) is 18.2 Å². The van der Waals surface area contributed by atoms with E-state index in [-0.39, 0.29) is 5.91 Å². The molecule has 4 nitrogen and oxygen atoms in total. The Labute approximate surface area is 109 Å². The summed E-state index contributed by atoms with van der Waals surface area (Å²) in [6, 6.07) is 5.18. The lowest BCUT2D eigenvalue weighted by atomic mass is 9.98. The number of nitrogens with two attached hydrogens (primary N) is 1. The summed E-state index contributed by atoms with van der Waals surface area (Å²) in [4.78, 5) is 12.1. The number of hydrogen-bond donors (Lipinski definition) is 2. The normalized spacial score (nSPS) is 12.3. The summed E-state index contributed by atoms with van der Waals surface area (Å²) in [6.07, 6.45) is 0. The Hall–Kier alpha value is -1.71. The molecule has 4 heteroatoms. The van der Waals surface area contributed by atoms with Crippen molar-refractivity contribution in [3.8, 4) is 5.75 Å². The number of hydrogen-bond acceptors (Lipinski definition) is 3. The van der Waals surface area contributed by atoms with Crippen molar-refractivity contribution in [2.45, 2.75) is 20.8 Å². The number of anilines is 1. The number of carbonyl (C=O) groups excluding carboxylic acids is 1. The van der Waals surface area contributed by atoms with Gasteiger partial charge in [0, 0.05) is 6.54 Å². The molecule has 0 radical (unpaired) electrons. The Bertz CT molecular complexity index is 416. The molecule has 0 aliphatic heterocycles. The highest BCUT2D eigenvalue weighted by molar-refractivity contribution is 5.98. The molecule has 3 N–H and O–H groups in total. The van der Waals surface area contributed by atoms with Crippen molar-refractivity contribution >= 4 is 11.6 Å². The van der Waals surface area contributed by atoms with Crippen LogP contribution in [0.4, 0.5) is 5.69 Å². The SMILES string of the molecule is COc1c(N)cccc1C(=O)NCC(C)C(C)C. The molecule has 1 unspecified atom stereocenters. The van der Waals surface area contributed by atoms with Gasteiger partial charge >= 0.3 is 0 Å². The molecule has 1 aromatic carbocycles. The number of para-hydroxylation sites is 1. The van der Waals surface area contributed by atoms with Crippen LogP contribution >= 0.6 is 0 Å². The summed E-state index contributed by atoms with van der Waals surface area (Å²) in [5.74, 6) is 1.26. The maximum absolute atomic E-state index is 12.1. The van der Waals surface area contributed by atoms with Crippen LogP contribution < -0.4 is 15.8 Å². The smallest absolute Gasteiger partial charge is 0.255 e. The van der Waals surface area contributed by atoms with Crippen molar-refractivity contribution in [1.82, 2.24) is 5.32 Å². The lowest BCUT2D eigenvalue weighted by Gasteiger charge is -2.17. The first-order chi connectivity index (χ1) is 8.47. The van der Waals surface area contributed by atoms with Gasteiger partial charge in [-0.1, -0.05) is 26.8 Å². The number of rotatable bonds is 5. The molecule has 18 heavy (non-hydrogen) atoms. The van der Waals surface area contributed by atoms with Gasteiger partial charge in [-0.2, -0.15) is 0 Å². The van der Waals surface area contributed by atoms with Gasteiger partial charge in [-0.15, -0.1) is 0 Å². The Balaban J connectivity index is 2.76. The maximum atomic E-state index is 12.1. The molecule has 0 aliphatic rings. The zero-order chi connectivity index (χ0) is 13.7. The number of nitrogen functional groups attached to an aromatic ring is 1. The molecule has 0 saturated heterocycles. The summed E-state index contributed by atoms with van der Waals surface area (Å²) in [5.41, 5.74) is 6.72. The monoisotopic (exact) mass is 250 g/mol. The fourth-order valence-electron chi connectivity index (χ4n) is 1.55. The third-order valence-corrected chi connectivity index (χ3v) is 3.22. The molecule has 1 atom stereocenters. The zero-order valence-electron chi connectivity index (χ0n) is 11.5. The number of methoxy groups -OCH3 is 1. The minimum Gasteiger partial charge on any atom is -0.494 e. The Morgan fingerprint density at radius 2 is 2.06 bits per heavy atom. The average molecular weight is 250 g/mol. The number of carbonyl (C=O) groups is 1. The standard InChI is InChI=1S/C14H22N2O2/c1-9(2)10(3)8-16-14(17)11-6-5-7-12(15)13(11)18-4/h5-7,9-10H,8,15H2,1-4H3,(H,16,17). The minimum atomic E-state index is -0.147. The second-order valence-electron chi connectivity index (χ2n) is 4.86. The van der Waals surface area contributed by atoms with Gasteiger partial charge in [0.25, 0.3) is 5.91 Å². The van der Waals surface area contributed by atoms with Crippen LogP contribution in [-0.2, 0) is 0 Å². The topological polar surface area (TPSA) is 64.3 Å². The van der Waals surface area contributed by atoms with Crippen LogP contribution in [0.2, 0.25) is 0 Å². The minimum absolute atomic E-state index is 0.147. The van der Waals surface area contributed by atoms with E-state index >= 15 is 0 Å².